The second-order valence-electron chi connectivity index (χ2n) is 7.37. The van der Waals surface area contributed by atoms with E-state index in [1.165, 1.54) is 23.5 Å². The normalized spacial score (nSPS) is 16.2. The van der Waals surface area contributed by atoms with Crippen LogP contribution in [0.15, 0.2) is 76.3 Å². The molecule has 0 saturated carbocycles. The summed E-state index contributed by atoms with van der Waals surface area (Å²) in [5.74, 6) is 1.24. The van der Waals surface area contributed by atoms with Gasteiger partial charge in [-0.05, 0) is 66.5 Å². The molecule has 6 nitrogen and oxygen atoms in total. The molecule has 1 aliphatic rings. The van der Waals surface area contributed by atoms with E-state index < -0.39 is 0 Å². The van der Waals surface area contributed by atoms with Gasteiger partial charge in [0.1, 0.15) is 11.6 Å². The summed E-state index contributed by atoms with van der Waals surface area (Å²) < 4.78 is 25.2. The molecule has 5 rings (SSSR count). The molecule has 9 heteroatoms. The summed E-state index contributed by atoms with van der Waals surface area (Å²) >= 11 is 7.24. The van der Waals surface area contributed by atoms with Gasteiger partial charge in [-0.1, -0.05) is 29.4 Å². The van der Waals surface area contributed by atoms with Gasteiger partial charge in [0.15, 0.2) is 5.11 Å². The Morgan fingerprint density at radius 2 is 2.00 bits per heavy atom. The fourth-order valence-electron chi connectivity index (χ4n) is 3.86. The van der Waals surface area contributed by atoms with Gasteiger partial charge in [0.25, 0.3) is 5.89 Å². The predicted octanol–water partition coefficient (Wildman–Crippen LogP) is 5.81. The van der Waals surface area contributed by atoms with Crippen molar-refractivity contribution in [3.63, 3.8) is 0 Å². The van der Waals surface area contributed by atoms with Gasteiger partial charge in [-0.2, -0.15) is 4.98 Å². The van der Waals surface area contributed by atoms with Crippen molar-refractivity contribution in [3.05, 3.63) is 89.0 Å². The number of nitrogens with one attached hydrogen (secondary N) is 1. The fourth-order valence-corrected chi connectivity index (χ4v) is 4.87. The third-order valence-electron chi connectivity index (χ3n) is 5.38. The number of ether oxygens (including phenoxy) is 1. The summed E-state index contributed by atoms with van der Waals surface area (Å²) in [7, 11) is 1.62. The molecule has 0 bridgehead atoms. The number of methoxy groups -OCH3 is 1. The average Bonchev–Trinajstić information content (AvgIpc) is 3.51. The quantitative estimate of drug-likeness (QED) is 0.363. The first-order chi connectivity index (χ1) is 16.0. The first-order valence-corrected chi connectivity index (χ1v) is 11.4. The van der Waals surface area contributed by atoms with Crippen molar-refractivity contribution in [1.82, 2.24) is 15.5 Å². The minimum Gasteiger partial charge on any atom is -0.497 e. The number of benzene rings is 2. The van der Waals surface area contributed by atoms with Gasteiger partial charge in [0.05, 0.1) is 29.3 Å². The molecule has 0 saturated heterocycles. The van der Waals surface area contributed by atoms with E-state index in [0.717, 1.165) is 27.5 Å². The monoisotopic (exact) mass is 478 g/mol. The van der Waals surface area contributed by atoms with Crippen molar-refractivity contribution in [2.75, 3.05) is 12.0 Å². The maximum absolute atomic E-state index is 14.0. The Bertz CT molecular complexity index is 1350. The second-order valence-corrected chi connectivity index (χ2v) is 8.71. The fraction of sp³-hybridized carbons (Fsp3) is 0.125. The zero-order chi connectivity index (χ0) is 22.9. The van der Waals surface area contributed by atoms with Crippen LogP contribution < -0.4 is 15.0 Å². The molecule has 2 aromatic carbocycles. The number of thiophene rings is 1. The van der Waals surface area contributed by atoms with E-state index in [2.05, 4.69) is 15.5 Å². The van der Waals surface area contributed by atoms with Gasteiger partial charge in [-0.3, -0.25) is 4.90 Å². The van der Waals surface area contributed by atoms with Gasteiger partial charge in [0, 0.05) is 5.70 Å². The SMILES string of the molecule is COc1cccc(C2NC(=S)N(c3cccc(F)c3)C(C)=C2c2nc(-c3cccs3)no2)c1. The van der Waals surface area contributed by atoms with Crippen molar-refractivity contribution in [1.29, 1.82) is 0 Å². The summed E-state index contributed by atoms with van der Waals surface area (Å²) in [5, 5.41) is 9.96. The molecule has 1 aliphatic heterocycles. The largest absolute Gasteiger partial charge is 0.497 e. The Morgan fingerprint density at radius 1 is 1.15 bits per heavy atom. The minimum absolute atomic E-state index is 0.350. The first-order valence-electron chi connectivity index (χ1n) is 10.1. The molecule has 1 N–H and O–H groups in total. The molecule has 0 amide bonds. The Hall–Kier alpha value is -3.56. The van der Waals surface area contributed by atoms with Crippen LogP contribution in [-0.2, 0) is 0 Å². The predicted molar refractivity (Wildman–Crippen MR) is 131 cm³/mol. The van der Waals surface area contributed by atoms with Crippen molar-refractivity contribution in [2.24, 2.45) is 0 Å². The zero-order valence-electron chi connectivity index (χ0n) is 17.8. The number of hydrogen-bond acceptors (Lipinski definition) is 6. The lowest BCUT2D eigenvalue weighted by atomic mass is 9.94. The summed E-state index contributed by atoms with van der Waals surface area (Å²) in [5.41, 5.74) is 3.03. The molecule has 166 valence electrons. The van der Waals surface area contributed by atoms with Crippen LogP contribution in [0.2, 0.25) is 0 Å². The zero-order valence-corrected chi connectivity index (χ0v) is 19.4. The second kappa shape index (κ2) is 8.76. The lowest BCUT2D eigenvalue weighted by Gasteiger charge is -2.37. The Kier molecular flexibility index (Phi) is 5.65. The molecular weight excluding hydrogens is 459 g/mol. The lowest BCUT2D eigenvalue weighted by molar-refractivity contribution is 0.403. The van der Waals surface area contributed by atoms with Gasteiger partial charge < -0.3 is 14.6 Å². The summed E-state index contributed by atoms with van der Waals surface area (Å²) in [6, 6.07) is 17.5. The van der Waals surface area contributed by atoms with E-state index in [1.807, 2.05) is 48.7 Å². The molecule has 33 heavy (non-hydrogen) atoms. The molecule has 0 spiro atoms. The lowest BCUT2D eigenvalue weighted by Crippen LogP contribution is -2.46. The highest BCUT2D eigenvalue weighted by Gasteiger charge is 2.35. The molecule has 2 aromatic heterocycles. The maximum atomic E-state index is 14.0. The van der Waals surface area contributed by atoms with Crippen molar-refractivity contribution in [2.45, 2.75) is 13.0 Å². The van der Waals surface area contributed by atoms with E-state index in [4.69, 9.17) is 21.5 Å². The molecule has 0 radical (unpaired) electrons. The van der Waals surface area contributed by atoms with Crippen LogP contribution in [0.3, 0.4) is 0 Å². The van der Waals surface area contributed by atoms with E-state index in [-0.39, 0.29) is 11.9 Å². The molecule has 1 atom stereocenters. The molecular formula is C24H19FN4O2S2. The third kappa shape index (κ3) is 4.01. The highest BCUT2D eigenvalue weighted by Crippen LogP contribution is 2.40. The summed E-state index contributed by atoms with van der Waals surface area (Å²) in [6.07, 6.45) is 0. The van der Waals surface area contributed by atoms with Gasteiger partial charge in [-0.25, -0.2) is 4.39 Å². The van der Waals surface area contributed by atoms with Crippen LogP contribution in [0, 0.1) is 5.82 Å². The van der Waals surface area contributed by atoms with Crippen LogP contribution in [0.25, 0.3) is 16.3 Å². The van der Waals surface area contributed by atoms with Crippen molar-refractivity contribution >= 4 is 39.9 Å². The van der Waals surface area contributed by atoms with Crippen molar-refractivity contribution < 1.29 is 13.7 Å². The highest BCUT2D eigenvalue weighted by molar-refractivity contribution is 7.80. The molecule has 0 fully saturated rings. The highest BCUT2D eigenvalue weighted by atomic mass is 32.1. The maximum Gasteiger partial charge on any atom is 0.258 e. The van der Waals surface area contributed by atoms with E-state index >= 15 is 0 Å². The minimum atomic E-state index is -0.367. The number of nitrogens with zero attached hydrogens (tertiary/aromatic N) is 3. The number of rotatable bonds is 5. The van der Waals surface area contributed by atoms with E-state index in [9.17, 15) is 4.39 Å². The Balaban J connectivity index is 1.67. The van der Waals surface area contributed by atoms with Crippen molar-refractivity contribution in [3.8, 4) is 16.5 Å². The number of allylic oxidation sites excluding steroid dienone is 1. The number of hydrogen-bond donors (Lipinski definition) is 1. The standard InChI is InChI=1S/C24H19FN4O2S2/c1-14-20(23-27-22(28-31-23)19-10-5-11-33-19)21(15-6-3-9-18(12-15)30-2)26-24(32)29(14)17-8-4-7-16(25)13-17/h3-13,21H,1-2H3,(H,26,32). The van der Waals surface area contributed by atoms with Crippen LogP contribution in [-0.4, -0.2) is 22.4 Å². The van der Waals surface area contributed by atoms with Crippen LogP contribution in [0.4, 0.5) is 10.1 Å². The third-order valence-corrected chi connectivity index (χ3v) is 6.54. The topological polar surface area (TPSA) is 63.4 Å². The van der Waals surface area contributed by atoms with E-state index in [0.29, 0.717) is 22.5 Å². The van der Waals surface area contributed by atoms with Crippen LogP contribution >= 0.6 is 23.6 Å². The molecule has 3 heterocycles. The number of anilines is 1. The van der Waals surface area contributed by atoms with Crippen LogP contribution in [0.1, 0.15) is 24.4 Å². The molecule has 1 unspecified atom stereocenters. The Morgan fingerprint density at radius 3 is 2.76 bits per heavy atom. The molecule has 0 aliphatic carbocycles. The van der Waals surface area contributed by atoms with Gasteiger partial charge in [0.2, 0.25) is 5.82 Å². The number of aromatic nitrogens is 2. The Labute approximate surface area is 199 Å². The van der Waals surface area contributed by atoms with E-state index in [1.54, 1.807) is 24.1 Å². The van der Waals surface area contributed by atoms with Gasteiger partial charge >= 0.3 is 0 Å². The van der Waals surface area contributed by atoms with Crippen LogP contribution in [0.5, 0.6) is 5.75 Å². The summed E-state index contributed by atoms with van der Waals surface area (Å²) in [4.78, 5) is 7.36. The summed E-state index contributed by atoms with van der Waals surface area (Å²) in [6.45, 7) is 1.91. The number of halogens is 1. The average molecular weight is 479 g/mol. The molecule has 4 aromatic rings. The van der Waals surface area contributed by atoms with Gasteiger partial charge in [-0.15, -0.1) is 11.3 Å². The first kappa shape index (κ1) is 21.3. The smallest absolute Gasteiger partial charge is 0.258 e. The number of thiocarbonyl (C=S) groups is 1.